The lowest BCUT2D eigenvalue weighted by Gasteiger charge is -2.43. The van der Waals surface area contributed by atoms with Gasteiger partial charge in [0, 0.05) is 25.7 Å². The molecule has 0 fully saturated rings. The van der Waals surface area contributed by atoms with Crippen LogP contribution in [0.15, 0.2) is 41.3 Å². The number of rotatable bonds is 4. The average Bonchev–Trinajstić information content (AvgIpc) is 3.24. The van der Waals surface area contributed by atoms with Gasteiger partial charge in [-0.1, -0.05) is 12.1 Å². The Labute approximate surface area is 171 Å². The van der Waals surface area contributed by atoms with E-state index in [1.54, 1.807) is 6.20 Å². The quantitative estimate of drug-likeness (QED) is 0.598. The van der Waals surface area contributed by atoms with Crippen molar-refractivity contribution in [1.29, 1.82) is 0 Å². The van der Waals surface area contributed by atoms with Gasteiger partial charge < -0.3 is 15.3 Å². The first-order chi connectivity index (χ1) is 14.3. The van der Waals surface area contributed by atoms with Crippen molar-refractivity contribution in [2.75, 3.05) is 11.4 Å². The molecular weight excluding hydrogens is 391 g/mol. The van der Waals surface area contributed by atoms with E-state index in [1.165, 1.54) is 28.8 Å². The molecule has 3 heterocycles. The third kappa shape index (κ3) is 3.30. The van der Waals surface area contributed by atoms with Crippen LogP contribution in [0.3, 0.4) is 0 Å². The van der Waals surface area contributed by atoms with Gasteiger partial charge >= 0.3 is 0 Å². The molecule has 156 valence electrons. The average molecular weight is 412 g/mol. The normalized spacial score (nSPS) is 15.0. The molecule has 2 aromatic heterocycles. The van der Waals surface area contributed by atoms with Crippen molar-refractivity contribution in [1.82, 2.24) is 25.1 Å². The van der Waals surface area contributed by atoms with E-state index in [0.717, 1.165) is 5.82 Å². The molecule has 0 unspecified atom stereocenters. The number of benzene rings is 1. The van der Waals surface area contributed by atoms with Crippen LogP contribution in [0.4, 0.5) is 10.2 Å². The number of fused-ring (bicyclic) bond motifs is 1. The Morgan fingerprint density at radius 2 is 2.00 bits per heavy atom. The lowest BCUT2D eigenvalue weighted by molar-refractivity contribution is 0.0941. The molecule has 0 bridgehead atoms. The topological polar surface area (TPSA) is 116 Å². The van der Waals surface area contributed by atoms with Crippen LogP contribution in [-0.4, -0.2) is 37.3 Å². The number of amides is 1. The zero-order valence-corrected chi connectivity index (χ0v) is 16.5. The number of H-pyrrole nitrogens is 1. The van der Waals surface area contributed by atoms with Gasteiger partial charge in [-0.25, -0.2) is 9.37 Å². The second kappa shape index (κ2) is 7.29. The predicted molar refractivity (Wildman–Crippen MR) is 107 cm³/mol. The van der Waals surface area contributed by atoms with Gasteiger partial charge in [-0.05, 0) is 31.5 Å². The highest BCUT2D eigenvalue weighted by Crippen LogP contribution is 2.33. The molecule has 9 nitrogen and oxygen atoms in total. The summed E-state index contributed by atoms with van der Waals surface area (Å²) in [5.74, 6) is -0.641. The van der Waals surface area contributed by atoms with Gasteiger partial charge in [-0.15, -0.1) is 0 Å². The van der Waals surface area contributed by atoms with E-state index in [0.29, 0.717) is 24.5 Å². The van der Waals surface area contributed by atoms with Crippen LogP contribution in [0.5, 0.6) is 5.75 Å². The molecule has 0 saturated heterocycles. The Bertz CT molecular complexity index is 1140. The number of aromatic hydroxyl groups is 1. The summed E-state index contributed by atoms with van der Waals surface area (Å²) in [6, 6.07) is 7.46. The van der Waals surface area contributed by atoms with Crippen molar-refractivity contribution < 1.29 is 14.3 Å². The maximum Gasteiger partial charge on any atom is 0.296 e. The maximum atomic E-state index is 13.0. The summed E-state index contributed by atoms with van der Waals surface area (Å²) in [4.78, 5) is 31.8. The number of carbonyl (C=O) groups is 1. The second-order valence-corrected chi connectivity index (χ2v) is 7.55. The zero-order valence-electron chi connectivity index (χ0n) is 16.5. The molecule has 1 aromatic carbocycles. The summed E-state index contributed by atoms with van der Waals surface area (Å²) in [5.41, 5.74) is -1.08. The van der Waals surface area contributed by atoms with Gasteiger partial charge in [-0.3, -0.25) is 19.3 Å². The summed E-state index contributed by atoms with van der Waals surface area (Å²) in [5, 5.41) is 19.8. The van der Waals surface area contributed by atoms with E-state index in [1.807, 2.05) is 24.8 Å². The predicted octanol–water partition coefficient (Wildman–Crippen LogP) is 1.50. The number of hydrogen-bond acceptors (Lipinski definition) is 6. The van der Waals surface area contributed by atoms with Crippen molar-refractivity contribution in [2.24, 2.45) is 0 Å². The van der Waals surface area contributed by atoms with Gasteiger partial charge in [0.25, 0.3) is 11.5 Å². The summed E-state index contributed by atoms with van der Waals surface area (Å²) >= 11 is 0. The monoisotopic (exact) mass is 412 g/mol. The Hall–Kier alpha value is -3.69. The Morgan fingerprint density at radius 3 is 2.67 bits per heavy atom. The minimum atomic E-state index is -0.746. The van der Waals surface area contributed by atoms with Crippen molar-refractivity contribution in [2.45, 2.75) is 32.5 Å². The summed E-state index contributed by atoms with van der Waals surface area (Å²) < 4.78 is 14.4. The number of halogens is 1. The number of nitrogens with zero attached hydrogens (tertiary/aromatic N) is 4. The van der Waals surface area contributed by atoms with E-state index < -0.39 is 22.8 Å². The number of anilines is 1. The Morgan fingerprint density at radius 1 is 1.27 bits per heavy atom. The number of hydrogen-bond donors (Lipinski definition) is 3. The van der Waals surface area contributed by atoms with Crippen molar-refractivity contribution in [3.05, 3.63) is 69.8 Å². The van der Waals surface area contributed by atoms with E-state index in [2.05, 4.69) is 20.5 Å². The van der Waals surface area contributed by atoms with E-state index in [4.69, 9.17) is 0 Å². The second-order valence-electron chi connectivity index (χ2n) is 7.55. The molecule has 30 heavy (non-hydrogen) atoms. The van der Waals surface area contributed by atoms with E-state index >= 15 is 0 Å². The molecule has 0 spiro atoms. The number of nitrogens with one attached hydrogen (secondary N) is 2. The highest BCUT2D eigenvalue weighted by molar-refractivity contribution is 5.94. The molecule has 1 aliphatic rings. The summed E-state index contributed by atoms with van der Waals surface area (Å²) in [7, 11) is 0. The van der Waals surface area contributed by atoms with Crippen LogP contribution in [0.25, 0.3) is 0 Å². The third-order valence-corrected chi connectivity index (χ3v) is 5.27. The zero-order chi connectivity index (χ0) is 21.5. The molecule has 0 atom stereocenters. The molecule has 0 radical (unpaired) electrons. The minimum absolute atomic E-state index is 0.0995. The van der Waals surface area contributed by atoms with Crippen molar-refractivity contribution >= 4 is 11.7 Å². The van der Waals surface area contributed by atoms with Crippen molar-refractivity contribution in [3.63, 3.8) is 0 Å². The number of aromatic nitrogens is 4. The number of aromatic amines is 1. The van der Waals surface area contributed by atoms with Crippen LogP contribution < -0.4 is 15.8 Å². The van der Waals surface area contributed by atoms with Crippen LogP contribution >= 0.6 is 0 Å². The summed E-state index contributed by atoms with van der Waals surface area (Å²) in [6.45, 7) is 4.65. The molecule has 3 N–H and O–H groups in total. The largest absolute Gasteiger partial charge is 0.501 e. The lowest BCUT2D eigenvalue weighted by Crippen LogP contribution is -2.53. The molecule has 0 aliphatic carbocycles. The molecule has 0 saturated carbocycles. The first kappa shape index (κ1) is 19.6. The fraction of sp³-hybridized carbons (Fsp3) is 0.300. The first-order valence-electron chi connectivity index (χ1n) is 9.43. The molecule has 4 rings (SSSR count). The van der Waals surface area contributed by atoms with Gasteiger partial charge in [-0.2, -0.15) is 5.10 Å². The summed E-state index contributed by atoms with van der Waals surface area (Å²) in [6.07, 6.45) is 1.63. The standard InChI is InChI=1S/C20H21FN6O3/c1-20(2)19-24-15(17(29)22-11-12-3-5-13(21)6-4-12)16(28)18(30)26(19)9-10-27(20)14-7-8-23-25-14/h3-8,28H,9-11H2,1-2H3,(H,22,29)(H,23,25). The highest BCUT2D eigenvalue weighted by Gasteiger charge is 2.39. The van der Waals surface area contributed by atoms with Crippen LogP contribution in [0, 0.1) is 5.82 Å². The molecule has 3 aromatic rings. The Kier molecular flexibility index (Phi) is 4.76. The van der Waals surface area contributed by atoms with Gasteiger partial charge in [0.2, 0.25) is 5.75 Å². The van der Waals surface area contributed by atoms with Crippen molar-refractivity contribution in [3.8, 4) is 5.75 Å². The van der Waals surface area contributed by atoms with Crippen LogP contribution in [-0.2, 0) is 18.6 Å². The van der Waals surface area contributed by atoms with E-state index in [-0.39, 0.29) is 18.1 Å². The smallest absolute Gasteiger partial charge is 0.296 e. The SMILES string of the molecule is CC1(C)c2nc(C(=O)NCc3ccc(F)cc3)c(O)c(=O)n2CCN1c1ccn[nH]1. The fourth-order valence-electron chi connectivity index (χ4n) is 3.67. The Balaban J connectivity index is 1.66. The van der Waals surface area contributed by atoms with Gasteiger partial charge in [0.1, 0.15) is 17.5 Å². The first-order valence-corrected chi connectivity index (χ1v) is 9.43. The number of carbonyl (C=O) groups excluding carboxylic acids is 1. The highest BCUT2D eigenvalue weighted by atomic mass is 19.1. The lowest BCUT2D eigenvalue weighted by atomic mass is 9.98. The molecular formula is C20H21FN6O3. The molecule has 1 amide bonds. The van der Waals surface area contributed by atoms with E-state index in [9.17, 15) is 19.1 Å². The van der Waals surface area contributed by atoms with Crippen LogP contribution in [0.1, 0.15) is 35.7 Å². The molecule has 1 aliphatic heterocycles. The van der Waals surface area contributed by atoms with Gasteiger partial charge in [0.05, 0.1) is 11.7 Å². The fourth-order valence-corrected chi connectivity index (χ4v) is 3.67. The van der Waals surface area contributed by atoms with Gasteiger partial charge in [0.15, 0.2) is 5.69 Å². The van der Waals surface area contributed by atoms with Crippen LogP contribution in [0.2, 0.25) is 0 Å². The molecule has 10 heteroatoms. The minimum Gasteiger partial charge on any atom is -0.501 e. The third-order valence-electron chi connectivity index (χ3n) is 5.27. The maximum absolute atomic E-state index is 13.0.